The molecule has 0 atom stereocenters. The number of halogens is 3. The van der Waals surface area contributed by atoms with Crippen molar-refractivity contribution in [3.8, 4) is 0 Å². The second-order valence-electron chi connectivity index (χ2n) is 4.46. The lowest BCUT2D eigenvalue weighted by atomic mass is 10.1. The van der Waals surface area contributed by atoms with Crippen LogP contribution in [0.1, 0.15) is 18.4 Å². The average Bonchev–Trinajstić information content (AvgIpc) is 2.97. The van der Waals surface area contributed by atoms with Crippen molar-refractivity contribution in [1.29, 1.82) is 0 Å². The van der Waals surface area contributed by atoms with E-state index >= 15 is 0 Å². The van der Waals surface area contributed by atoms with Crippen LogP contribution in [0.4, 0.5) is 24.5 Å². The molecule has 7 heteroatoms. The van der Waals surface area contributed by atoms with Crippen LogP contribution in [0.15, 0.2) is 18.2 Å². The van der Waals surface area contributed by atoms with Gasteiger partial charge in [-0.1, -0.05) is 0 Å². The van der Waals surface area contributed by atoms with Crippen LogP contribution in [0.5, 0.6) is 0 Å². The minimum absolute atomic E-state index is 0.0343. The molecule has 0 aromatic heterocycles. The largest absolute Gasteiger partial charge is 0.411 e. The summed E-state index contributed by atoms with van der Waals surface area (Å²) in [6.07, 6.45) is -4.23. The Labute approximate surface area is 101 Å². The zero-order chi connectivity index (χ0) is 13.6. The van der Waals surface area contributed by atoms with E-state index in [1.165, 1.54) is 25.1 Å². The molecule has 4 nitrogen and oxygen atoms in total. The summed E-state index contributed by atoms with van der Waals surface area (Å²) < 4.78 is 38.2. The first-order valence-corrected chi connectivity index (χ1v) is 5.35. The summed E-state index contributed by atoms with van der Waals surface area (Å²) in [6, 6.07) is 3.88. The number of nitrogens with one attached hydrogen (secondary N) is 1. The highest BCUT2D eigenvalue weighted by atomic mass is 19.4. The van der Waals surface area contributed by atoms with E-state index in [2.05, 4.69) is 5.32 Å². The molecule has 0 aliphatic heterocycles. The molecule has 0 radical (unpaired) electrons. The fraction of sp³-hybridized carbons (Fsp3) is 0.455. The number of benzene rings is 1. The van der Waals surface area contributed by atoms with Crippen molar-refractivity contribution in [3.63, 3.8) is 0 Å². The minimum Gasteiger partial charge on any atom is -0.371 e. The van der Waals surface area contributed by atoms with Crippen molar-refractivity contribution >= 4 is 11.4 Å². The highest BCUT2D eigenvalue weighted by Gasteiger charge is 2.63. The highest BCUT2D eigenvalue weighted by molar-refractivity contribution is 5.56. The summed E-state index contributed by atoms with van der Waals surface area (Å²) in [4.78, 5) is 10.0. The van der Waals surface area contributed by atoms with Crippen molar-refractivity contribution in [2.24, 2.45) is 0 Å². The number of nitro benzene ring substituents is 1. The lowest BCUT2D eigenvalue weighted by Crippen LogP contribution is -2.38. The fourth-order valence-electron chi connectivity index (χ4n) is 1.82. The first-order chi connectivity index (χ1) is 8.25. The van der Waals surface area contributed by atoms with Gasteiger partial charge in [0.1, 0.15) is 5.54 Å². The van der Waals surface area contributed by atoms with E-state index in [1.807, 2.05) is 0 Å². The monoisotopic (exact) mass is 260 g/mol. The van der Waals surface area contributed by atoms with Crippen molar-refractivity contribution < 1.29 is 18.1 Å². The molecule has 18 heavy (non-hydrogen) atoms. The number of nitro groups is 1. The molecule has 0 spiro atoms. The molecule has 1 aromatic rings. The van der Waals surface area contributed by atoms with Crippen molar-refractivity contribution in [3.05, 3.63) is 33.9 Å². The second kappa shape index (κ2) is 3.86. The van der Waals surface area contributed by atoms with Crippen molar-refractivity contribution in [1.82, 2.24) is 0 Å². The summed E-state index contributed by atoms with van der Waals surface area (Å²) in [6.45, 7) is 1.50. The van der Waals surface area contributed by atoms with Crippen LogP contribution < -0.4 is 5.32 Å². The molecule has 1 saturated carbocycles. The van der Waals surface area contributed by atoms with Crippen LogP contribution in [-0.4, -0.2) is 16.6 Å². The minimum atomic E-state index is -4.30. The molecule has 0 saturated heterocycles. The van der Waals surface area contributed by atoms with Gasteiger partial charge in [0.2, 0.25) is 0 Å². The number of rotatable bonds is 3. The Morgan fingerprint density at radius 1 is 1.39 bits per heavy atom. The maximum absolute atomic E-state index is 12.7. The zero-order valence-corrected chi connectivity index (χ0v) is 9.54. The van der Waals surface area contributed by atoms with Gasteiger partial charge >= 0.3 is 6.18 Å². The third-order valence-electron chi connectivity index (χ3n) is 3.07. The molecule has 98 valence electrons. The Balaban J connectivity index is 2.22. The Morgan fingerprint density at radius 3 is 2.39 bits per heavy atom. The molecule has 0 unspecified atom stereocenters. The molecule has 0 heterocycles. The summed E-state index contributed by atoms with van der Waals surface area (Å²) in [5, 5.41) is 13.0. The summed E-state index contributed by atoms with van der Waals surface area (Å²) in [5.74, 6) is 0. The smallest absolute Gasteiger partial charge is 0.371 e. The Morgan fingerprint density at radius 2 is 2.00 bits per heavy atom. The SMILES string of the molecule is Cc1cc(NC2(C(F)(F)F)CC2)ccc1[N+](=O)[O-]. The van der Waals surface area contributed by atoms with Crippen LogP contribution in [0.25, 0.3) is 0 Å². The van der Waals surface area contributed by atoms with Gasteiger partial charge in [0.25, 0.3) is 5.69 Å². The maximum atomic E-state index is 12.7. The average molecular weight is 260 g/mol. The van der Waals surface area contributed by atoms with Crippen molar-refractivity contribution in [2.45, 2.75) is 31.5 Å². The molecular weight excluding hydrogens is 249 g/mol. The van der Waals surface area contributed by atoms with Gasteiger partial charge in [-0.05, 0) is 31.9 Å². The van der Waals surface area contributed by atoms with E-state index in [0.29, 0.717) is 5.56 Å². The van der Waals surface area contributed by atoms with E-state index < -0.39 is 16.6 Å². The molecule has 0 amide bonds. The highest BCUT2D eigenvalue weighted by Crippen LogP contribution is 2.51. The summed E-state index contributed by atoms with van der Waals surface area (Å²) >= 11 is 0. The van der Waals surface area contributed by atoms with Gasteiger partial charge in [-0.3, -0.25) is 10.1 Å². The standard InChI is InChI=1S/C11H11F3N2O2/c1-7-6-8(2-3-9(7)16(17)18)15-10(4-5-10)11(12,13)14/h2-3,6,15H,4-5H2,1H3. The number of anilines is 1. The molecule has 1 aliphatic rings. The van der Waals surface area contributed by atoms with Gasteiger partial charge in [0.15, 0.2) is 0 Å². The maximum Gasteiger partial charge on any atom is 0.411 e. The number of nitrogens with zero attached hydrogens (tertiary/aromatic N) is 1. The molecule has 2 rings (SSSR count). The van der Waals surface area contributed by atoms with Crippen LogP contribution in [0.2, 0.25) is 0 Å². The van der Waals surface area contributed by atoms with Crippen LogP contribution >= 0.6 is 0 Å². The lowest BCUT2D eigenvalue weighted by Gasteiger charge is -2.22. The second-order valence-corrected chi connectivity index (χ2v) is 4.46. The van der Waals surface area contributed by atoms with Gasteiger partial charge in [-0.25, -0.2) is 0 Å². The Bertz CT molecular complexity index is 496. The number of hydrogen-bond donors (Lipinski definition) is 1. The predicted molar refractivity (Wildman–Crippen MR) is 59.5 cm³/mol. The number of alkyl halides is 3. The molecule has 1 N–H and O–H groups in total. The van der Waals surface area contributed by atoms with Crippen LogP contribution in [-0.2, 0) is 0 Å². The molecule has 1 aromatic carbocycles. The molecule has 0 bridgehead atoms. The number of hydrogen-bond acceptors (Lipinski definition) is 3. The van der Waals surface area contributed by atoms with E-state index in [0.717, 1.165) is 0 Å². The third-order valence-corrected chi connectivity index (χ3v) is 3.07. The van der Waals surface area contributed by atoms with Crippen molar-refractivity contribution in [2.75, 3.05) is 5.32 Å². The van der Waals surface area contributed by atoms with Gasteiger partial charge in [-0.2, -0.15) is 13.2 Å². The first kappa shape index (κ1) is 12.7. The van der Waals surface area contributed by atoms with Gasteiger partial charge in [-0.15, -0.1) is 0 Å². The normalized spacial score (nSPS) is 17.3. The summed E-state index contributed by atoms with van der Waals surface area (Å²) in [5.41, 5.74) is -1.36. The van der Waals surface area contributed by atoms with E-state index in [1.54, 1.807) is 0 Å². The van der Waals surface area contributed by atoms with Gasteiger partial charge in [0, 0.05) is 17.3 Å². The lowest BCUT2D eigenvalue weighted by molar-refractivity contribution is -0.385. The van der Waals surface area contributed by atoms with Crippen LogP contribution in [0, 0.1) is 17.0 Å². The van der Waals surface area contributed by atoms with E-state index in [4.69, 9.17) is 0 Å². The molecule has 1 fully saturated rings. The third kappa shape index (κ3) is 2.12. The predicted octanol–water partition coefficient (Wildman–Crippen LogP) is 3.41. The summed E-state index contributed by atoms with van der Waals surface area (Å²) in [7, 11) is 0. The first-order valence-electron chi connectivity index (χ1n) is 5.35. The topological polar surface area (TPSA) is 55.2 Å². The fourth-order valence-corrected chi connectivity index (χ4v) is 1.82. The van der Waals surface area contributed by atoms with Gasteiger partial charge < -0.3 is 5.32 Å². The Hall–Kier alpha value is -1.79. The quantitative estimate of drug-likeness (QED) is 0.669. The molecular formula is C11H11F3N2O2. The van der Waals surface area contributed by atoms with Crippen LogP contribution in [0.3, 0.4) is 0 Å². The van der Waals surface area contributed by atoms with E-state index in [-0.39, 0.29) is 24.2 Å². The van der Waals surface area contributed by atoms with E-state index in [9.17, 15) is 23.3 Å². The van der Waals surface area contributed by atoms with Gasteiger partial charge in [0.05, 0.1) is 4.92 Å². The Kier molecular flexibility index (Phi) is 2.71. The molecule has 1 aliphatic carbocycles. The zero-order valence-electron chi connectivity index (χ0n) is 9.54. The number of aryl methyl sites for hydroxylation is 1.